The SMILES string of the molecule is CC.CC/C(C(=N)/C=C/c1c(C)cc(C)cc1C)=C(\C)C1=C(c2c(C)cc(C)cc2C)c2c(C)c(C)c(/C=C/c3c(C)cc(C)cc3C)n2C1(C)F.CCc1ccccc1.Cc1ccccc1. The van der Waals surface area contributed by atoms with Gasteiger partial charge in [-0.3, -0.25) is 0 Å². The quantitative estimate of drug-likeness (QED) is 0.140. The Morgan fingerprint density at radius 1 is 0.582 bits per heavy atom. The molecule has 6 aromatic rings. The zero-order valence-corrected chi connectivity index (χ0v) is 44.3. The van der Waals surface area contributed by atoms with Gasteiger partial charge in [-0.15, -0.1) is 0 Å². The summed E-state index contributed by atoms with van der Waals surface area (Å²) >= 11 is 0. The Morgan fingerprint density at radius 3 is 1.42 bits per heavy atom. The first-order valence-corrected chi connectivity index (χ1v) is 24.3. The van der Waals surface area contributed by atoms with Gasteiger partial charge in [0.05, 0.1) is 11.4 Å². The first-order chi connectivity index (χ1) is 31.7. The number of hydrogen-bond donors (Lipinski definition) is 1. The van der Waals surface area contributed by atoms with Crippen LogP contribution in [-0.4, -0.2) is 10.3 Å². The number of fused-ring (bicyclic) bond motifs is 1. The molecule has 0 saturated heterocycles. The number of aryl methyl sites for hydroxylation is 11. The van der Waals surface area contributed by atoms with E-state index < -0.39 is 5.79 Å². The van der Waals surface area contributed by atoms with Gasteiger partial charge in [-0.2, -0.15) is 0 Å². The fourth-order valence-electron chi connectivity index (χ4n) is 9.96. The van der Waals surface area contributed by atoms with Crippen LogP contribution >= 0.6 is 0 Å². The molecule has 7 rings (SSSR count). The number of hydrogen-bond acceptors (Lipinski definition) is 1. The van der Waals surface area contributed by atoms with Crippen LogP contribution in [0.3, 0.4) is 0 Å². The van der Waals surface area contributed by atoms with Gasteiger partial charge >= 0.3 is 0 Å². The van der Waals surface area contributed by atoms with Gasteiger partial charge in [0, 0.05) is 16.8 Å². The number of benzene rings is 5. The van der Waals surface area contributed by atoms with E-state index in [1.54, 1.807) is 6.92 Å². The molecule has 1 aliphatic rings. The molecule has 0 saturated carbocycles. The fraction of sp³-hybridized carbons (Fsp3) is 0.328. The molecular formula is C64H79FN2. The molecule has 67 heavy (non-hydrogen) atoms. The minimum absolute atomic E-state index is 0.416. The van der Waals surface area contributed by atoms with E-state index >= 15 is 4.39 Å². The maximum Gasteiger partial charge on any atom is 0.211 e. The van der Waals surface area contributed by atoms with Crippen LogP contribution in [0.2, 0.25) is 0 Å². The van der Waals surface area contributed by atoms with Gasteiger partial charge in [0.15, 0.2) is 0 Å². The van der Waals surface area contributed by atoms with Crippen molar-refractivity contribution in [3.63, 3.8) is 0 Å². The largest absolute Gasteiger partial charge is 0.304 e. The minimum Gasteiger partial charge on any atom is -0.304 e. The minimum atomic E-state index is -1.86. The van der Waals surface area contributed by atoms with E-state index in [-0.39, 0.29) is 0 Å². The van der Waals surface area contributed by atoms with Crippen LogP contribution in [0.15, 0.2) is 120 Å². The van der Waals surface area contributed by atoms with Gasteiger partial charge in [0.25, 0.3) is 0 Å². The van der Waals surface area contributed by atoms with Crippen molar-refractivity contribution in [1.29, 1.82) is 5.41 Å². The lowest BCUT2D eigenvalue weighted by Gasteiger charge is -2.26. The van der Waals surface area contributed by atoms with E-state index in [2.05, 4.69) is 188 Å². The molecule has 2 nitrogen and oxygen atoms in total. The summed E-state index contributed by atoms with van der Waals surface area (Å²) in [6.45, 7) is 37.5. The Bertz CT molecular complexity index is 2750. The standard InChI is InChI=1S/C47H55FN2.C8H10.C7H8.C2H6/c1-15-38(41(49)18-16-39-29(5)20-26(2)21-30(39)6)37(13)45-44(43-33(9)24-28(4)25-34(43)10)46-36(12)35(11)42(50(46)47(45,14)48)19-17-40-31(7)22-27(3)23-32(40)8;1-2-8-6-4-3-5-7-8;1-7-5-3-2-4-6-7;1-2/h16-25,49H,15H2,1-14H3;3-7H,2H2,1H3;2-6H,1H3;1-2H3/b18-16+,19-17+,38-37-,49-41?;;;. The van der Waals surface area contributed by atoms with Crippen LogP contribution < -0.4 is 0 Å². The zero-order chi connectivity index (χ0) is 49.9. The summed E-state index contributed by atoms with van der Waals surface area (Å²) in [4.78, 5) is 0. The third-order valence-electron chi connectivity index (χ3n) is 13.1. The highest BCUT2D eigenvalue weighted by atomic mass is 19.1. The zero-order valence-electron chi connectivity index (χ0n) is 44.3. The third kappa shape index (κ3) is 12.3. The number of aromatic nitrogens is 1. The Kier molecular flexibility index (Phi) is 18.9. The topological polar surface area (TPSA) is 28.8 Å². The molecule has 0 amide bonds. The van der Waals surface area contributed by atoms with Crippen molar-refractivity contribution >= 4 is 29.5 Å². The Labute approximate surface area is 405 Å². The first-order valence-electron chi connectivity index (χ1n) is 24.3. The lowest BCUT2D eigenvalue weighted by atomic mass is 9.83. The predicted molar refractivity (Wildman–Crippen MR) is 294 cm³/mol. The maximum atomic E-state index is 18.3. The van der Waals surface area contributed by atoms with Crippen LogP contribution in [0.4, 0.5) is 4.39 Å². The van der Waals surface area contributed by atoms with Crippen molar-refractivity contribution in [3.05, 3.63) is 220 Å². The van der Waals surface area contributed by atoms with Crippen LogP contribution in [0.5, 0.6) is 0 Å². The van der Waals surface area contributed by atoms with Crippen molar-refractivity contribution in [2.75, 3.05) is 0 Å². The molecule has 1 atom stereocenters. The molecule has 0 bridgehead atoms. The molecule has 3 heteroatoms. The molecule has 1 aliphatic heterocycles. The van der Waals surface area contributed by atoms with Gasteiger partial charge in [-0.05, 0) is 200 Å². The number of halogens is 1. The second-order valence-corrected chi connectivity index (χ2v) is 18.5. The van der Waals surface area contributed by atoms with Crippen molar-refractivity contribution < 1.29 is 4.39 Å². The molecule has 2 heterocycles. The fourth-order valence-corrected chi connectivity index (χ4v) is 9.96. The Hall–Kier alpha value is -6.06. The summed E-state index contributed by atoms with van der Waals surface area (Å²) in [6.07, 6.45) is 9.98. The summed E-state index contributed by atoms with van der Waals surface area (Å²) in [6, 6.07) is 33.9. The predicted octanol–water partition coefficient (Wildman–Crippen LogP) is 18.2. The molecule has 352 valence electrons. The Balaban J connectivity index is 0.000000482. The van der Waals surface area contributed by atoms with Gasteiger partial charge in [0.1, 0.15) is 0 Å². The van der Waals surface area contributed by atoms with Gasteiger partial charge < -0.3 is 9.98 Å². The summed E-state index contributed by atoms with van der Waals surface area (Å²) in [5.74, 6) is -1.86. The number of rotatable bonds is 9. The average molecular weight is 895 g/mol. The smallest absolute Gasteiger partial charge is 0.211 e. The van der Waals surface area contributed by atoms with E-state index in [9.17, 15) is 5.41 Å². The molecule has 0 fully saturated rings. The average Bonchev–Trinajstić information content (AvgIpc) is 3.66. The van der Waals surface area contributed by atoms with Crippen LogP contribution in [-0.2, 0) is 12.2 Å². The van der Waals surface area contributed by atoms with E-state index in [4.69, 9.17) is 0 Å². The highest BCUT2D eigenvalue weighted by Gasteiger charge is 2.46. The maximum absolute atomic E-state index is 18.3. The van der Waals surface area contributed by atoms with E-state index in [1.807, 2.05) is 55.7 Å². The van der Waals surface area contributed by atoms with Crippen molar-refractivity contribution in [2.24, 2.45) is 0 Å². The van der Waals surface area contributed by atoms with Gasteiger partial charge in [-0.25, -0.2) is 4.39 Å². The molecule has 0 radical (unpaired) electrons. The number of nitrogens with zero attached hydrogens (tertiary/aromatic N) is 1. The summed E-state index contributed by atoms with van der Waals surface area (Å²) in [7, 11) is 0. The summed E-state index contributed by atoms with van der Waals surface area (Å²) in [5, 5.41) is 9.34. The van der Waals surface area contributed by atoms with Gasteiger partial charge in [-0.1, -0.05) is 159 Å². The van der Waals surface area contributed by atoms with Crippen LogP contribution in [0, 0.1) is 88.5 Å². The number of allylic oxidation sites excluding steroid dienone is 4. The summed E-state index contributed by atoms with van der Waals surface area (Å²) < 4.78 is 20.2. The normalized spacial score (nSPS) is 14.5. The lowest BCUT2D eigenvalue weighted by molar-refractivity contribution is 0.152. The molecule has 1 aromatic heterocycles. The first kappa shape index (κ1) is 53.6. The highest BCUT2D eigenvalue weighted by molar-refractivity contribution is 6.10. The lowest BCUT2D eigenvalue weighted by Crippen LogP contribution is -2.26. The van der Waals surface area contributed by atoms with Crippen molar-refractivity contribution in [1.82, 2.24) is 4.57 Å². The highest BCUT2D eigenvalue weighted by Crippen LogP contribution is 2.53. The Morgan fingerprint density at radius 2 is 1.01 bits per heavy atom. The second kappa shape index (κ2) is 23.6. The molecular weight excluding hydrogens is 816 g/mol. The van der Waals surface area contributed by atoms with Gasteiger partial charge in [0.2, 0.25) is 5.79 Å². The second-order valence-electron chi connectivity index (χ2n) is 18.5. The monoisotopic (exact) mass is 895 g/mol. The van der Waals surface area contributed by atoms with Crippen molar-refractivity contribution in [3.8, 4) is 0 Å². The summed E-state index contributed by atoms with van der Waals surface area (Å²) in [5.41, 5.74) is 24.5. The van der Waals surface area contributed by atoms with Crippen LogP contribution in [0.1, 0.15) is 148 Å². The molecule has 0 spiro atoms. The van der Waals surface area contributed by atoms with E-state index in [0.717, 1.165) is 67.9 Å². The van der Waals surface area contributed by atoms with Crippen LogP contribution in [0.25, 0.3) is 23.8 Å². The molecule has 1 N–H and O–H groups in total. The third-order valence-corrected chi connectivity index (χ3v) is 13.1. The van der Waals surface area contributed by atoms with E-state index in [1.165, 1.54) is 55.6 Å². The number of nitrogens with one attached hydrogen (secondary N) is 1. The molecule has 1 unspecified atom stereocenters. The number of alkyl halides is 1. The molecule has 0 aliphatic carbocycles. The molecule has 5 aromatic carbocycles. The van der Waals surface area contributed by atoms with Crippen molar-refractivity contribution in [2.45, 2.75) is 143 Å². The van der Waals surface area contributed by atoms with E-state index in [0.29, 0.717) is 17.7 Å².